The van der Waals surface area contributed by atoms with E-state index < -0.39 is 0 Å². The molecule has 0 aromatic heterocycles. The Balaban J connectivity index is -0.0000000702. The van der Waals surface area contributed by atoms with Crippen molar-refractivity contribution in [2.24, 2.45) is 23.7 Å². The van der Waals surface area contributed by atoms with E-state index in [1.54, 1.807) is 27.7 Å². The Bertz CT molecular complexity index is 154. The zero-order chi connectivity index (χ0) is 20.6. The minimum Gasteiger partial charge on any atom is -0.393 e. The molecule has 0 aliphatic carbocycles. The van der Waals surface area contributed by atoms with Gasteiger partial charge in [0, 0.05) is 21.7 Å². The molecular formula is C20H48O4Ti. The molecule has 0 saturated heterocycles. The van der Waals surface area contributed by atoms with Crippen LogP contribution in [-0.4, -0.2) is 44.8 Å². The van der Waals surface area contributed by atoms with Crippen LogP contribution in [0.1, 0.15) is 83.1 Å². The molecule has 0 bridgehead atoms. The van der Waals surface area contributed by atoms with E-state index in [9.17, 15) is 0 Å². The smallest absolute Gasteiger partial charge is 0.0535 e. The van der Waals surface area contributed by atoms with Gasteiger partial charge in [-0.25, -0.2) is 0 Å². The number of hydrogen-bond donors (Lipinski definition) is 4. The molecule has 0 rings (SSSR count). The molecule has 0 aromatic rings. The van der Waals surface area contributed by atoms with Crippen molar-refractivity contribution in [2.45, 2.75) is 108 Å². The second-order valence-electron chi connectivity index (χ2n) is 7.94. The van der Waals surface area contributed by atoms with Crippen molar-refractivity contribution in [1.29, 1.82) is 0 Å². The predicted molar refractivity (Wildman–Crippen MR) is 106 cm³/mol. The van der Waals surface area contributed by atoms with E-state index in [0.717, 1.165) is 0 Å². The van der Waals surface area contributed by atoms with Crippen molar-refractivity contribution in [1.82, 2.24) is 0 Å². The molecule has 4 atom stereocenters. The maximum absolute atomic E-state index is 8.63. The first-order valence-electron chi connectivity index (χ1n) is 9.29. The van der Waals surface area contributed by atoms with Crippen LogP contribution in [0, 0.1) is 23.7 Å². The van der Waals surface area contributed by atoms with Crippen LogP contribution >= 0.6 is 0 Å². The monoisotopic (exact) mass is 400 g/mol. The minimum atomic E-state index is -0.148. The molecular weight excluding hydrogens is 352 g/mol. The van der Waals surface area contributed by atoms with E-state index in [4.69, 9.17) is 20.4 Å². The first kappa shape index (κ1) is 36.5. The van der Waals surface area contributed by atoms with E-state index in [1.165, 1.54) is 0 Å². The van der Waals surface area contributed by atoms with Gasteiger partial charge in [-0.3, -0.25) is 0 Å². The maximum Gasteiger partial charge on any atom is 0.0535 e. The SMILES string of the molecule is CC(C)C(C)O.CC(C)C(C)O.CC(C)C(C)O.CC(C)C(C)O.[Ti]. The fraction of sp³-hybridized carbons (Fsp3) is 1.00. The van der Waals surface area contributed by atoms with Gasteiger partial charge in [0.2, 0.25) is 0 Å². The third-order valence-corrected chi connectivity index (χ3v) is 3.86. The molecule has 0 saturated carbocycles. The van der Waals surface area contributed by atoms with Crippen molar-refractivity contribution in [2.75, 3.05) is 0 Å². The number of rotatable bonds is 4. The zero-order valence-electron chi connectivity index (χ0n) is 18.9. The number of hydrogen-bond acceptors (Lipinski definition) is 4. The topological polar surface area (TPSA) is 80.9 Å². The van der Waals surface area contributed by atoms with Crippen LogP contribution in [0.2, 0.25) is 0 Å². The molecule has 0 amide bonds. The normalized spacial score (nSPS) is 14.9. The third-order valence-electron chi connectivity index (χ3n) is 3.86. The maximum atomic E-state index is 8.63. The molecule has 0 heterocycles. The summed E-state index contributed by atoms with van der Waals surface area (Å²) in [7, 11) is 0. The molecule has 0 fully saturated rings. The van der Waals surface area contributed by atoms with Gasteiger partial charge in [-0.2, -0.15) is 0 Å². The quantitative estimate of drug-likeness (QED) is 0.536. The van der Waals surface area contributed by atoms with Crippen molar-refractivity contribution in [3.8, 4) is 0 Å². The molecule has 4 N–H and O–H groups in total. The van der Waals surface area contributed by atoms with Gasteiger partial charge in [0.1, 0.15) is 0 Å². The van der Waals surface area contributed by atoms with Crippen LogP contribution in [0.3, 0.4) is 0 Å². The summed E-state index contributed by atoms with van der Waals surface area (Å²) < 4.78 is 0. The van der Waals surface area contributed by atoms with Crippen LogP contribution < -0.4 is 0 Å². The van der Waals surface area contributed by atoms with Crippen LogP contribution in [0.25, 0.3) is 0 Å². The van der Waals surface area contributed by atoms with E-state index in [-0.39, 0.29) is 46.1 Å². The summed E-state index contributed by atoms with van der Waals surface area (Å²) in [6.07, 6.45) is -0.593. The summed E-state index contributed by atoms with van der Waals surface area (Å²) in [5, 5.41) is 34.5. The van der Waals surface area contributed by atoms with Gasteiger partial charge in [0.15, 0.2) is 0 Å². The summed E-state index contributed by atoms with van der Waals surface area (Å²) >= 11 is 0. The van der Waals surface area contributed by atoms with E-state index >= 15 is 0 Å². The van der Waals surface area contributed by atoms with Crippen LogP contribution in [0.5, 0.6) is 0 Å². The molecule has 25 heavy (non-hydrogen) atoms. The molecule has 0 aliphatic rings. The minimum absolute atomic E-state index is 0. The van der Waals surface area contributed by atoms with Crippen LogP contribution in [-0.2, 0) is 21.7 Å². The summed E-state index contributed by atoms with van der Waals surface area (Å²) in [6.45, 7) is 23.1. The van der Waals surface area contributed by atoms with Gasteiger partial charge in [0.25, 0.3) is 0 Å². The molecule has 5 heteroatoms. The zero-order valence-corrected chi connectivity index (χ0v) is 20.5. The van der Waals surface area contributed by atoms with E-state index in [1.807, 2.05) is 55.4 Å². The third kappa shape index (κ3) is 45.6. The molecule has 0 radical (unpaired) electrons. The van der Waals surface area contributed by atoms with Crippen LogP contribution in [0.15, 0.2) is 0 Å². The number of aliphatic hydroxyl groups is 4. The Morgan fingerprint density at radius 3 is 0.360 bits per heavy atom. The van der Waals surface area contributed by atoms with Crippen LogP contribution in [0.4, 0.5) is 0 Å². The summed E-state index contributed by atoms with van der Waals surface area (Å²) in [4.78, 5) is 0. The van der Waals surface area contributed by atoms with Crippen molar-refractivity contribution in [3.05, 3.63) is 0 Å². The van der Waals surface area contributed by atoms with Gasteiger partial charge in [-0.1, -0.05) is 55.4 Å². The fourth-order valence-corrected chi connectivity index (χ4v) is 0. The molecule has 156 valence electrons. The molecule has 0 aliphatic heterocycles. The summed E-state index contributed by atoms with van der Waals surface area (Å²) in [5.41, 5.74) is 0. The van der Waals surface area contributed by atoms with E-state index in [2.05, 4.69) is 0 Å². The molecule has 4 nitrogen and oxygen atoms in total. The van der Waals surface area contributed by atoms with Crippen molar-refractivity contribution < 1.29 is 42.1 Å². The van der Waals surface area contributed by atoms with Gasteiger partial charge in [-0.15, -0.1) is 0 Å². The molecule has 4 unspecified atom stereocenters. The Kier molecular flexibility index (Phi) is 33.0. The Morgan fingerprint density at radius 2 is 0.360 bits per heavy atom. The Labute approximate surface area is 173 Å². The standard InChI is InChI=1S/4C5H12O.Ti/c4*1-4(2)5(3)6;/h4*4-6H,1-3H3;. The Hall–Kier alpha value is 0.554. The fourth-order valence-electron chi connectivity index (χ4n) is 0. The van der Waals surface area contributed by atoms with Gasteiger partial charge in [0.05, 0.1) is 24.4 Å². The van der Waals surface area contributed by atoms with Crippen molar-refractivity contribution >= 4 is 0 Å². The molecule has 0 aromatic carbocycles. The average Bonchev–Trinajstić information content (AvgIpc) is 2.40. The summed E-state index contributed by atoms with van der Waals surface area (Å²) in [5.74, 6) is 1.63. The molecule has 0 spiro atoms. The largest absolute Gasteiger partial charge is 0.393 e. The average molecular weight is 400 g/mol. The second-order valence-corrected chi connectivity index (χ2v) is 7.94. The first-order valence-corrected chi connectivity index (χ1v) is 9.29. The predicted octanol–water partition coefficient (Wildman–Crippen LogP) is 4.09. The summed E-state index contributed by atoms with van der Waals surface area (Å²) in [6, 6.07) is 0. The van der Waals surface area contributed by atoms with Gasteiger partial charge in [-0.05, 0) is 51.4 Å². The van der Waals surface area contributed by atoms with Crippen molar-refractivity contribution in [3.63, 3.8) is 0 Å². The number of aliphatic hydroxyl groups excluding tert-OH is 4. The van der Waals surface area contributed by atoms with Gasteiger partial charge >= 0.3 is 0 Å². The van der Waals surface area contributed by atoms with Gasteiger partial charge < -0.3 is 20.4 Å². The first-order chi connectivity index (χ1) is 10.6. The van der Waals surface area contributed by atoms with E-state index in [0.29, 0.717) is 23.7 Å². The Morgan fingerprint density at radius 1 is 0.320 bits per heavy atom. The second kappa shape index (κ2) is 22.6.